The molecule has 0 amide bonds. The summed E-state index contributed by atoms with van der Waals surface area (Å²) < 4.78 is 0. The van der Waals surface area contributed by atoms with Crippen molar-refractivity contribution in [3.63, 3.8) is 0 Å². The molecule has 2 aromatic rings. The molecule has 0 saturated carbocycles. The number of aromatic hydroxyl groups is 1. The van der Waals surface area contributed by atoms with Crippen LogP contribution in [0.4, 0.5) is 5.69 Å². The second-order valence-electron chi connectivity index (χ2n) is 5.81. The number of rotatable bonds is 3. The summed E-state index contributed by atoms with van der Waals surface area (Å²) in [6.07, 6.45) is 0.853. The maximum Gasteiger partial charge on any atom is 0.150 e. The Morgan fingerprint density at radius 2 is 2.24 bits per heavy atom. The first-order chi connectivity index (χ1) is 10.1. The fraction of sp³-hybridized carbons (Fsp3) is 0.353. The Morgan fingerprint density at radius 1 is 1.48 bits per heavy atom. The predicted molar refractivity (Wildman–Crippen MR) is 86.9 cm³/mol. The number of halogens is 1. The van der Waals surface area contributed by atoms with Crippen molar-refractivity contribution in [3.05, 3.63) is 35.4 Å². The van der Waals surface area contributed by atoms with E-state index in [-0.39, 0.29) is 11.7 Å². The van der Waals surface area contributed by atoms with Crippen LogP contribution in [-0.4, -0.2) is 29.9 Å². The lowest BCUT2D eigenvalue weighted by molar-refractivity contribution is 0.112. The molecule has 21 heavy (non-hydrogen) atoms. The first-order valence-corrected chi connectivity index (χ1v) is 7.68. The number of carbonyl (C=O) groups is 1. The standard InChI is InChI=1S/C17H18ClNO2/c1-10(2)19-8-12(7-18)17-14(19)6-15(21)13-5-3-4-11(9-20)16(13)17/h3-6,9-10,12,21H,7-8H2,1-2H3/t12-/m1/s1. The molecule has 0 aliphatic carbocycles. The maximum absolute atomic E-state index is 11.4. The lowest BCUT2D eigenvalue weighted by Gasteiger charge is -2.24. The lowest BCUT2D eigenvalue weighted by Crippen LogP contribution is -2.29. The first kappa shape index (κ1) is 14.2. The Morgan fingerprint density at radius 3 is 2.86 bits per heavy atom. The second-order valence-corrected chi connectivity index (χ2v) is 6.12. The zero-order chi connectivity index (χ0) is 15.1. The van der Waals surface area contributed by atoms with Gasteiger partial charge in [0, 0.05) is 52.5 Å². The van der Waals surface area contributed by atoms with Crippen LogP contribution in [0.15, 0.2) is 24.3 Å². The highest BCUT2D eigenvalue weighted by Gasteiger charge is 2.32. The summed E-state index contributed by atoms with van der Waals surface area (Å²) in [7, 11) is 0. The van der Waals surface area contributed by atoms with Crippen LogP contribution in [0.5, 0.6) is 5.75 Å². The van der Waals surface area contributed by atoms with Gasteiger partial charge in [0.1, 0.15) is 5.75 Å². The van der Waals surface area contributed by atoms with Gasteiger partial charge in [-0.15, -0.1) is 11.6 Å². The highest BCUT2D eigenvalue weighted by atomic mass is 35.5. The molecule has 1 heterocycles. The van der Waals surface area contributed by atoms with Crippen molar-refractivity contribution in [2.75, 3.05) is 17.3 Å². The van der Waals surface area contributed by atoms with Crippen LogP contribution in [-0.2, 0) is 0 Å². The number of nitrogens with zero attached hydrogens (tertiary/aromatic N) is 1. The number of alkyl halides is 1. The number of carbonyl (C=O) groups excluding carboxylic acids is 1. The van der Waals surface area contributed by atoms with E-state index in [2.05, 4.69) is 18.7 Å². The van der Waals surface area contributed by atoms with Gasteiger partial charge in [-0.1, -0.05) is 18.2 Å². The minimum atomic E-state index is 0.174. The van der Waals surface area contributed by atoms with Crippen molar-refractivity contribution in [1.82, 2.24) is 0 Å². The summed E-state index contributed by atoms with van der Waals surface area (Å²) in [5.41, 5.74) is 2.70. The first-order valence-electron chi connectivity index (χ1n) is 7.14. The number of phenols is 1. The van der Waals surface area contributed by atoms with Crippen molar-refractivity contribution < 1.29 is 9.90 Å². The molecule has 0 bridgehead atoms. The second kappa shape index (κ2) is 5.23. The number of hydrogen-bond donors (Lipinski definition) is 1. The van der Waals surface area contributed by atoms with Crippen molar-refractivity contribution in [3.8, 4) is 5.75 Å². The molecule has 0 spiro atoms. The van der Waals surface area contributed by atoms with Gasteiger partial charge in [0.2, 0.25) is 0 Å². The average Bonchev–Trinajstić information content (AvgIpc) is 2.85. The van der Waals surface area contributed by atoms with Gasteiger partial charge >= 0.3 is 0 Å². The molecule has 1 atom stereocenters. The van der Waals surface area contributed by atoms with Crippen molar-refractivity contribution >= 4 is 34.3 Å². The van der Waals surface area contributed by atoms with E-state index in [0.29, 0.717) is 17.5 Å². The van der Waals surface area contributed by atoms with Crippen LogP contribution < -0.4 is 4.90 Å². The third-order valence-electron chi connectivity index (χ3n) is 4.26. The zero-order valence-electron chi connectivity index (χ0n) is 12.1. The molecule has 0 unspecified atom stereocenters. The molecule has 3 nitrogen and oxygen atoms in total. The van der Waals surface area contributed by atoms with Crippen LogP contribution in [0.25, 0.3) is 10.8 Å². The lowest BCUT2D eigenvalue weighted by atomic mass is 9.92. The Labute approximate surface area is 129 Å². The van der Waals surface area contributed by atoms with Crippen LogP contribution in [0.1, 0.15) is 35.7 Å². The molecule has 0 fully saturated rings. The molecule has 0 radical (unpaired) electrons. The Balaban J connectivity index is 2.40. The number of anilines is 1. The fourth-order valence-corrected chi connectivity index (χ4v) is 3.54. The van der Waals surface area contributed by atoms with Crippen LogP contribution in [0.2, 0.25) is 0 Å². The van der Waals surface area contributed by atoms with Gasteiger partial charge in [0.15, 0.2) is 6.29 Å². The number of fused-ring (bicyclic) bond motifs is 3. The number of hydrogen-bond acceptors (Lipinski definition) is 3. The highest BCUT2D eigenvalue weighted by molar-refractivity contribution is 6.19. The molecule has 110 valence electrons. The minimum absolute atomic E-state index is 0.174. The van der Waals surface area contributed by atoms with Gasteiger partial charge in [-0.05, 0) is 19.4 Å². The van der Waals surface area contributed by atoms with Crippen LogP contribution in [0.3, 0.4) is 0 Å². The van der Waals surface area contributed by atoms with Crippen LogP contribution in [0, 0.1) is 0 Å². The molecule has 2 aromatic carbocycles. The molecular weight excluding hydrogens is 286 g/mol. The summed E-state index contributed by atoms with van der Waals surface area (Å²) in [5, 5.41) is 11.9. The summed E-state index contributed by atoms with van der Waals surface area (Å²) in [6, 6.07) is 7.55. The quantitative estimate of drug-likeness (QED) is 0.690. The van der Waals surface area contributed by atoms with E-state index in [9.17, 15) is 9.90 Å². The van der Waals surface area contributed by atoms with Crippen molar-refractivity contribution in [2.45, 2.75) is 25.8 Å². The van der Waals surface area contributed by atoms with E-state index in [1.54, 1.807) is 18.2 Å². The SMILES string of the molecule is CC(C)N1C[C@@H](CCl)c2c1cc(O)c1cccc(C=O)c21. The molecule has 0 saturated heterocycles. The van der Waals surface area contributed by atoms with Crippen LogP contribution >= 0.6 is 11.6 Å². The summed E-state index contributed by atoms with van der Waals surface area (Å²) in [4.78, 5) is 13.7. The number of aldehydes is 1. The van der Waals surface area contributed by atoms with E-state index >= 15 is 0 Å². The van der Waals surface area contributed by atoms with E-state index in [0.717, 1.165) is 34.9 Å². The molecular formula is C17H18ClNO2. The van der Waals surface area contributed by atoms with Gasteiger partial charge in [0.05, 0.1) is 0 Å². The molecule has 1 aliphatic rings. The highest BCUT2D eigenvalue weighted by Crippen LogP contribution is 2.46. The predicted octanol–water partition coefficient (Wildman–Crippen LogP) is 3.91. The van der Waals surface area contributed by atoms with Crippen molar-refractivity contribution in [2.24, 2.45) is 0 Å². The zero-order valence-corrected chi connectivity index (χ0v) is 12.9. The van der Waals surface area contributed by atoms with E-state index in [4.69, 9.17) is 11.6 Å². The van der Waals surface area contributed by atoms with Gasteiger partial charge in [-0.3, -0.25) is 4.79 Å². The van der Waals surface area contributed by atoms with E-state index in [1.165, 1.54) is 0 Å². The fourth-order valence-electron chi connectivity index (χ4n) is 3.29. The molecule has 1 aliphatic heterocycles. The summed E-state index contributed by atoms with van der Waals surface area (Å²) >= 11 is 6.16. The average molecular weight is 304 g/mol. The van der Waals surface area contributed by atoms with Gasteiger partial charge in [-0.25, -0.2) is 0 Å². The molecule has 4 heteroatoms. The van der Waals surface area contributed by atoms with E-state index < -0.39 is 0 Å². The topological polar surface area (TPSA) is 40.5 Å². The minimum Gasteiger partial charge on any atom is -0.507 e. The van der Waals surface area contributed by atoms with Gasteiger partial charge in [0.25, 0.3) is 0 Å². The van der Waals surface area contributed by atoms with E-state index in [1.807, 2.05) is 6.07 Å². The smallest absolute Gasteiger partial charge is 0.150 e. The largest absolute Gasteiger partial charge is 0.507 e. The van der Waals surface area contributed by atoms with Gasteiger partial charge < -0.3 is 10.0 Å². The normalized spacial score (nSPS) is 17.5. The summed E-state index contributed by atoms with van der Waals surface area (Å²) in [5.74, 6) is 0.894. The maximum atomic E-state index is 11.4. The summed E-state index contributed by atoms with van der Waals surface area (Å²) in [6.45, 7) is 5.06. The Hall–Kier alpha value is -1.74. The Kier molecular flexibility index (Phi) is 3.54. The molecule has 3 rings (SSSR count). The molecule has 0 aromatic heterocycles. The van der Waals surface area contributed by atoms with Crippen molar-refractivity contribution in [1.29, 1.82) is 0 Å². The van der Waals surface area contributed by atoms with Gasteiger partial charge in [-0.2, -0.15) is 0 Å². The Bertz CT molecular complexity index is 711. The molecule has 1 N–H and O–H groups in total. The third-order valence-corrected chi connectivity index (χ3v) is 4.64. The number of benzene rings is 2. The third kappa shape index (κ3) is 2.07. The monoisotopic (exact) mass is 303 g/mol. The number of phenolic OH excluding ortho intramolecular Hbond substituents is 1.